The Kier molecular flexibility index (Phi) is 9.89. The molecule has 0 saturated carbocycles. The van der Waals surface area contributed by atoms with Gasteiger partial charge in [-0.3, -0.25) is 0 Å². The van der Waals surface area contributed by atoms with Crippen molar-refractivity contribution >= 4 is 12.4 Å². The van der Waals surface area contributed by atoms with Gasteiger partial charge in [0.05, 0.1) is 0 Å². The number of aliphatic hydroxyl groups is 2. The first kappa shape index (κ1) is 11.0. The lowest BCUT2D eigenvalue weighted by Gasteiger charge is -1.99. The van der Waals surface area contributed by atoms with Crippen LogP contribution < -0.4 is 5.32 Å². The second kappa shape index (κ2) is 7.17. The van der Waals surface area contributed by atoms with E-state index in [4.69, 9.17) is 10.2 Å². The maximum Gasteiger partial charge on any atom is 0.152 e. The molecule has 0 aliphatic heterocycles. The van der Waals surface area contributed by atoms with Crippen molar-refractivity contribution in [2.45, 2.75) is 12.7 Å². The van der Waals surface area contributed by atoms with Crippen LogP contribution in [-0.4, -0.2) is 30.1 Å². The molecule has 8 heavy (non-hydrogen) atoms. The molecule has 0 rings (SSSR count). The quantitative estimate of drug-likeness (QED) is 0.457. The van der Waals surface area contributed by atoms with Gasteiger partial charge in [-0.25, -0.2) is 0 Å². The van der Waals surface area contributed by atoms with Crippen molar-refractivity contribution in [3.8, 4) is 0 Å². The third-order valence-corrected chi connectivity index (χ3v) is 0.653. The van der Waals surface area contributed by atoms with Crippen LogP contribution >= 0.6 is 12.4 Å². The third-order valence-electron chi connectivity index (χ3n) is 0.653. The van der Waals surface area contributed by atoms with Crippen molar-refractivity contribution < 1.29 is 10.2 Å². The molecule has 0 fully saturated rings. The van der Waals surface area contributed by atoms with Crippen LogP contribution in [0.4, 0.5) is 0 Å². The van der Waals surface area contributed by atoms with Crippen LogP contribution in [0.1, 0.15) is 6.42 Å². The van der Waals surface area contributed by atoms with Crippen LogP contribution in [0.25, 0.3) is 0 Å². The van der Waals surface area contributed by atoms with Crippen LogP contribution in [-0.2, 0) is 0 Å². The summed E-state index contributed by atoms with van der Waals surface area (Å²) in [5, 5.41) is 19.2. The largest absolute Gasteiger partial charge is 0.368 e. The molecular formula is C4H12ClNO2. The number of hydrogen-bond donors (Lipinski definition) is 3. The first-order valence-corrected chi connectivity index (χ1v) is 2.28. The minimum absolute atomic E-state index is 0. The molecule has 0 heterocycles. The Morgan fingerprint density at radius 2 is 2.00 bits per heavy atom. The number of hydrogen-bond acceptors (Lipinski definition) is 3. The summed E-state index contributed by atoms with van der Waals surface area (Å²) in [6.07, 6.45) is -0.760. The van der Waals surface area contributed by atoms with E-state index in [1.807, 2.05) is 0 Å². The maximum absolute atomic E-state index is 8.20. The summed E-state index contributed by atoms with van der Waals surface area (Å²) in [6, 6.07) is 0. The lowest BCUT2D eigenvalue weighted by atomic mass is 10.4. The summed E-state index contributed by atoms with van der Waals surface area (Å²) >= 11 is 0. The van der Waals surface area contributed by atoms with Gasteiger partial charge in [0.2, 0.25) is 0 Å². The molecule has 0 aliphatic rings. The van der Waals surface area contributed by atoms with Gasteiger partial charge < -0.3 is 15.5 Å². The van der Waals surface area contributed by atoms with Crippen LogP contribution in [0, 0.1) is 0 Å². The van der Waals surface area contributed by atoms with Crippen molar-refractivity contribution in [3.05, 3.63) is 0 Å². The van der Waals surface area contributed by atoms with E-state index in [0.717, 1.165) is 0 Å². The highest BCUT2D eigenvalue weighted by atomic mass is 35.5. The highest BCUT2D eigenvalue weighted by Gasteiger charge is 1.91. The average molecular weight is 142 g/mol. The second-order valence-corrected chi connectivity index (χ2v) is 1.37. The predicted octanol–water partition coefficient (Wildman–Crippen LogP) is -0.672. The van der Waals surface area contributed by atoms with E-state index in [9.17, 15) is 0 Å². The first-order chi connectivity index (χ1) is 3.27. The van der Waals surface area contributed by atoms with Gasteiger partial charge in [-0.2, -0.15) is 0 Å². The molecule has 0 saturated heterocycles. The summed E-state index contributed by atoms with van der Waals surface area (Å²) in [5.41, 5.74) is 0. The highest BCUT2D eigenvalue weighted by molar-refractivity contribution is 5.85. The Bertz CT molecular complexity index is 43.0. The van der Waals surface area contributed by atoms with Crippen molar-refractivity contribution in [2.75, 3.05) is 13.6 Å². The minimum Gasteiger partial charge on any atom is -0.368 e. The van der Waals surface area contributed by atoms with E-state index in [1.165, 1.54) is 0 Å². The standard InChI is InChI=1S/C4H11NO2.ClH/c1-5-3-2-4(6)7;/h4-7H,2-3H2,1H3;1H. The summed E-state index contributed by atoms with van der Waals surface area (Å²) in [5.74, 6) is 0. The van der Waals surface area contributed by atoms with Crippen molar-refractivity contribution in [1.82, 2.24) is 5.32 Å². The summed E-state index contributed by atoms with van der Waals surface area (Å²) in [6.45, 7) is 0.650. The Balaban J connectivity index is 0. The third kappa shape index (κ3) is 9.48. The zero-order valence-corrected chi connectivity index (χ0v) is 5.61. The van der Waals surface area contributed by atoms with Gasteiger partial charge >= 0.3 is 0 Å². The molecule has 0 atom stereocenters. The van der Waals surface area contributed by atoms with Crippen molar-refractivity contribution in [3.63, 3.8) is 0 Å². The minimum atomic E-state index is -1.16. The molecule has 0 spiro atoms. The van der Waals surface area contributed by atoms with Gasteiger partial charge in [-0.1, -0.05) is 0 Å². The summed E-state index contributed by atoms with van der Waals surface area (Å²) in [7, 11) is 1.77. The van der Waals surface area contributed by atoms with Crippen LogP contribution in [0.15, 0.2) is 0 Å². The number of nitrogens with one attached hydrogen (secondary N) is 1. The van der Waals surface area contributed by atoms with E-state index in [0.29, 0.717) is 13.0 Å². The van der Waals surface area contributed by atoms with E-state index in [-0.39, 0.29) is 12.4 Å². The zero-order valence-electron chi connectivity index (χ0n) is 4.79. The van der Waals surface area contributed by atoms with E-state index in [2.05, 4.69) is 5.32 Å². The van der Waals surface area contributed by atoms with Gasteiger partial charge in [-0.15, -0.1) is 12.4 Å². The Morgan fingerprint density at radius 3 is 2.12 bits per heavy atom. The van der Waals surface area contributed by atoms with E-state index in [1.54, 1.807) is 7.05 Å². The van der Waals surface area contributed by atoms with Gasteiger partial charge in [0.25, 0.3) is 0 Å². The van der Waals surface area contributed by atoms with Gasteiger partial charge in [0.1, 0.15) is 0 Å². The topological polar surface area (TPSA) is 52.5 Å². The number of halogens is 1. The molecule has 3 N–H and O–H groups in total. The SMILES string of the molecule is CNCCC(O)O.Cl. The van der Waals surface area contributed by atoms with Crippen LogP contribution in [0.2, 0.25) is 0 Å². The molecule has 0 aromatic heterocycles. The Labute approximate surface area is 55.1 Å². The molecule has 0 aromatic rings. The first-order valence-electron chi connectivity index (χ1n) is 2.28. The smallest absolute Gasteiger partial charge is 0.152 e. The lowest BCUT2D eigenvalue weighted by molar-refractivity contribution is -0.0441. The fraction of sp³-hybridized carbons (Fsp3) is 1.00. The highest BCUT2D eigenvalue weighted by Crippen LogP contribution is 1.79. The van der Waals surface area contributed by atoms with Crippen molar-refractivity contribution in [1.29, 1.82) is 0 Å². The molecular weight excluding hydrogens is 130 g/mol. The number of aliphatic hydroxyl groups excluding tert-OH is 1. The van der Waals surface area contributed by atoms with Crippen LogP contribution in [0.5, 0.6) is 0 Å². The van der Waals surface area contributed by atoms with Crippen molar-refractivity contribution in [2.24, 2.45) is 0 Å². The maximum atomic E-state index is 8.20. The molecule has 0 aliphatic carbocycles. The fourth-order valence-electron chi connectivity index (χ4n) is 0.273. The Morgan fingerprint density at radius 1 is 1.50 bits per heavy atom. The molecule has 3 nitrogen and oxygen atoms in total. The van der Waals surface area contributed by atoms with Gasteiger partial charge in [0, 0.05) is 6.42 Å². The molecule has 4 heteroatoms. The number of rotatable bonds is 3. The molecule has 0 unspecified atom stereocenters. The normalized spacial score (nSPS) is 9.00. The summed E-state index contributed by atoms with van der Waals surface area (Å²) < 4.78 is 0. The zero-order chi connectivity index (χ0) is 5.70. The molecule has 0 amide bonds. The van der Waals surface area contributed by atoms with Gasteiger partial charge in [0.15, 0.2) is 6.29 Å². The van der Waals surface area contributed by atoms with Crippen LogP contribution in [0.3, 0.4) is 0 Å². The Hall–Kier alpha value is 0.170. The average Bonchev–Trinajstić information content (AvgIpc) is 1.61. The molecule has 0 bridgehead atoms. The lowest BCUT2D eigenvalue weighted by Crippen LogP contribution is -2.15. The fourth-order valence-corrected chi connectivity index (χ4v) is 0.273. The monoisotopic (exact) mass is 141 g/mol. The van der Waals surface area contributed by atoms with Gasteiger partial charge in [-0.05, 0) is 13.6 Å². The molecule has 0 aromatic carbocycles. The molecule has 0 radical (unpaired) electrons. The second-order valence-electron chi connectivity index (χ2n) is 1.37. The predicted molar refractivity (Wildman–Crippen MR) is 34.0 cm³/mol. The summed E-state index contributed by atoms with van der Waals surface area (Å²) in [4.78, 5) is 0. The molecule has 52 valence electrons. The van der Waals surface area contributed by atoms with E-state index < -0.39 is 6.29 Å². The van der Waals surface area contributed by atoms with E-state index >= 15 is 0 Å².